The smallest absolute Gasteiger partial charge is 0.257 e. The lowest BCUT2D eigenvalue weighted by Gasteiger charge is -2.54. The van der Waals surface area contributed by atoms with Crippen molar-refractivity contribution in [1.82, 2.24) is 14.8 Å². The summed E-state index contributed by atoms with van der Waals surface area (Å²) in [6.07, 6.45) is 0.347. The summed E-state index contributed by atoms with van der Waals surface area (Å²) < 4.78 is 2.10. The van der Waals surface area contributed by atoms with Gasteiger partial charge in [-0.3, -0.25) is 4.79 Å². The summed E-state index contributed by atoms with van der Waals surface area (Å²) in [5.41, 5.74) is 9.11. The average molecular weight is 510 g/mol. The van der Waals surface area contributed by atoms with Crippen LogP contribution in [0.3, 0.4) is 0 Å². The fourth-order valence-electron chi connectivity index (χ4n) is 5.94. The Hall–Kier alpha value is -3.76. The summed E-state index contributed by atoms with van der Waals surface area (Å²) in [4.78, 5) is 18.6. The number of benzene rings is 3. The van der Waals surface area contributed by atoms with Gasteiger partial charge in [-0.1, -0.05) is 76.6 Å². The van der Waals surface area contributed by atoms with Gasteiger partial charge in [-0.05, 0) is 47.7 Å². The van der Waals surface area contributed by atoms with Gasteiger partial charge in [-0.25, -0.2) is 0 Å². The molecule has 0 aliphatic heterocycles. The second-order valence-corrected chi connectivity index (χ2v) is 10.2. The van der Waals surface area contributed by atoms with Crippen LogP contribution < -0.4 is 5.73 Å². The van der Waals surface area contributed by atoms with Gasteiger partial charge in [0.05, 0.1) is 11.5 Å². The molecule has 0 saturated carbocycles. The third kappa shape index (κ3) is 2.63. The normalized spacial score (nSPS) is 24.2. The van der Waals surface area contributed by atoms with Crippen LogP contribution in [-0.2, 0) is 5.41 Å². The van der Waals surface area contributed by atoms with Crippen LogP contribution in [0, 0.1) is 16.7 Å². The second kappa shape index (κ2) is 7.12. The number of nitrogens with two attached hydrogens (primary N) is 1. The number of rotatable bonds is 2. The molecule has 0 spiro atoms. The molecule has 2 N–H and O–H groups in total. The van der Waals surface area contributed by atoms with Crippen molar-refractivity contribution in [2.24, 2.45) is 5.41 Å². The lowest BCUT2D eigenvalue weighted by molar-refractivity contribution is 0.0596. The number of anilines is 1. The van der Waals surface area contributed by atoms with Crippen LogP contribution in [0.2, 0.25) is 0 Å². The van der Waals surface area contributed by atoms with Crippen molar-refractivity contribution >= 4 is 27.8 Å². The first kappa shape index (κ1) is 20.8. The topological polar surface area (TPSA) is 97.6 Å². The summed E-state index contributed by atoms with van der Waals surface area (Å²) in [5, 5.41) is 15.1. The summed E-state index contributed by atoms with van der Waals surface area (Å²) >= 11 is 3.46. The van der Waals surface area contributed by atoms with E-state index in [4.69, 9.17) is 5.73 Å². The van der Waals surface area contributed by atoms with Crippen molar-refractivity contribution in [1.29, 1.82) is 5.26 Å². The number of nitriles is 1. The van der Waals surface area contributed by atoms with Crippen LogP contribution in [0.5, 0.6) is 0 Å². The quantitative estimate of drug-likeness (QED) is 0.395. The molecule has 166 valence electrons. The zero-order valence-corrected chi connectivity index (χ0v) is 20.0. The molecule has 3 aliphatic rings. The van der Waals surface area contributed by atoms with Gasteiger partial charge in [-0.15, -0.1) is 5.10 Å². The fraction of sp³-hybridized carbons (Fsp3) is 0.185. The van der Waals surface area contributed by atoms with E-state index in [2.05, 4.69) is 32.1 Å². The molecule has 0 radical (unpaired) electrons. The third-order valence-corrected chi connectivity index (χ3v) is 7.81. The molecule has 1 unspecified atom stereocenters. The Balaban J connectivity index is 1.53. The zero-order chi connectivity index (χ0) is 23.7. The van der Waals surface area contributed by atoms with Gasteiger partial charge in [0.15, 0.2) is 5.82 Å². The maximum absolute atomic E-state index is 14.2. The number of hydrogen-bond acceptors (Lipinski definition) is 5. The van der Waals surface area contributed by atoms with E-state index in [0.29, 0.717) is 12.2 Å². The lowest BCUT2D eigenvalue weighted by Crippen LogP contribution is -2.53. The van der Waals surface area contributed by atoms with E-state index in [1.165, 1.54) is 4.68 Å². The summed E-state index contributed by atoms with van der Waals surface area (Å²) in [5.74, 6) is -0.0596. The molecule has 3 aromatic carbocycles. The highest BCUT2D eigenvalue weighted by atomic mass is 79.9. The number of hydrogen-bond donors (Lipinski definition) is 1. The first-order valence-electron chi connectivity index (χ1n) is 11.0. The first-order valence-corrected chi connectivity index (χ1v) is 11.8. The van der Waals surface area contributed by atoms with E-state index in [9.17, 15) is 10.1 Å². The molecule has 0 saturated heterocycles. The predicted octanol–water partition coefficient (Wildman–Crippen LogP) is 5.30. The Bertz CT molecular complexity index is 1490. The number of fused-ring (bicyclic) bond motifs is 1. The maximum Gasteiger partial charge on any atom is 0.257 e. The Morgan fingerprint density at radius 3 is 2.35 bits per heavy atom. The number of carbonyl (C=O) groups excluding carboxylic acids is 1. The van der Waals surface area contributed by atoms with Crippen molar-refractivity contribution in [3.05, 3.63) is 99.5 Å². The summed E-state index contributed by atoms with van der Waals surface area (Å²) in [6.45, 7) is 1.93. The number of aromatic nitrogens is 3. The molecule has 2 bridgehead atoms. The Kier molecular flexibility index (Phi) is 4.36. The number of carbonyl (C=O) groups is 1. The monoisotopic (exact) mass is 509 g/mol. The standard InChI is InChI=1S/C27H20BrN5O/c1-26(24(34)33-25(30)31-23(32-33)16-7-6-8-17(28)13-16)14-27(15-29)20-11-4-2-9-18(20)22(26)19-10-3-5-12-21(19)27/h2-13,22H,14H2,1H3,(H2,30,31,32). The van der Waals surface area contributed by atoms with E-state index >= 15 is 0 Å². The van der Waals surface area contributed by atoms with Gasteiger partial charge in [0, 0.05) is 16.0 Å². The molecule has 34 heavy (non-hydrogen) atoms. The average Bonchev–Trinajstić information content (AvgIpc) is 3.25. The predicted molar refractivity (Wildman–Crippen MR) is 132 cm³/mol. The molecule has 1 atom stereocenters. The second-order valence-electron chi connectivity index (χ2n) is 9.24. The van der Waals surface area contributed by atoms with Gasteiger partial charge in [-0.2, -0.15) is 14.9 Å². The van der Waals surface area contributed by atoms with Crippen LogP contribution >= 0.6 is 15.9 Å². The van der Waals surface area contributed by atoms with Crippen molar-refractivity contribution in [2.45, 2.75) is 24.7 Å². The van der Waals surface area contributed by atoms with Crippen molar-refractivity contribution in [3.8, 4) is 17.5 Å². The lowest BCUT2D eigenvalue weighted by atomic mass is 9.47. The van der Waals surface area contributed by atoms with Gasteiger partial charge in [0.1, 0.15) is 5.41 Å². The van der Waals surface area contributed by atoms with Crippen LogP contribution in [0.4, 0.5) is 5.95 Å². The highest BCUT2D eigenvalue weighted by Gasteiger charge is 2.61. The van der Waals surface area contributed by atoms with E-state index in [1.54, 1.807) is 0 Å². The van der Waals surface area contributed by atoms with E-state index in [1.807, 2.05) is 79.7 Å². The molecule has 0 fully saturated rings. The minimum absolute atomic E-state index is 0.0372. The van der Waals surface area contributed by atoms with E-state index < -0.39 is 10.8 Å². The summed E-state index contributed by atoms with van der Waals surface area (Å²) in [7, 11) is 0. The number of nitrogens with zero attached hydrogens (tertiary/aromatic N) is 4. The number of halogens is 1. The van der Waals surface area contributed by atoms with Gasteiger partial charge in [0.2, 0.25) is 5.95 Å². The highest BCUT2D eigenvalue weighted by Crippen LogP contribution is 2.63. The maximum atomic E-state index is 14.2. The Labute approximate surface area is 205 Å². The first-order chi connectivity index (χ1) is 16.4. The molecule has 6 nitrogen and oxygen atoms in total. The highest BCUT2D eigenvalue weighted by molar-refractivity contribution is 9.10. The largest absolute Gasteiger partial charge is 0.368 e. The third-order valence-electron chi connectivity index (χ3n) is 7.32. The van der Waals surface area contributed by atoms with E-state index in [0.717, 1.165) is 32.3 Å². The van der Waals surface area contributed by atoms with Crippen molar-refractivity contribution < 1.29 is 4.79 Å². The molecule has 1 heterocycles. The van der Waals surface area contributed by atoms with Gasteiger partial charge in [0.25, 0.3) is 5.91 Å². The number of nitrogen functional groups attached to an aromatic ring is 1. The van der Waals surface area contributed by atoms with Gasteiger partial charge >= 0.3 is 0 Å². The minimum Gasteiger partial charge on any atom is -0.368 e. The van der Waals surface area contributed by atoms with Crippen LogP contribution in [0.15, 0.2) is 77.3 Å². The molecule has 1 aromatic heterocycles. The summed E-state index contributed by atoms with van der Waals surface area (Å²) in [6, 6.07) is 26.1. The van der Waals surface area contributed by atoms with Gasteiger partial charge < -0.3 is 5.73 Å². The van der Waals surface area contributed by atoms with Crippen molar-refractivity contribution in [2.75, 3.05) is 5.73 Å². The Morgan fingerprint density at radius 2 is 1.74 bits per heavy atom. The molecule has 7 rings (SSSR count). The van der Waals surface area contributed by atoms with Crippen LogP contribution in [-0.4, -0.2) is 20.7 Å². The molecular weight excluding hydrogens is 490 g/mol. The fourth-order valence-corrected chi connectivity index (χ4v) is 6.34. The minimum atomic E-state index is -0.936. The SMILES string of the molecule is CC1(C(=O)n2nc(-c3cccc(Br)c3)nc2N)CC2(C#N)c3ccccc3C1c1ccccc12. The molecule has 0 amide bonds. The zero-order valence-electron chi connectivity index (χ0n) is 18.4. The molecule has 3 aliphatic carbocycles. The van der Waals surface area contributed by atoms with Crippen LogP contribution in [0.25, 0.3) is 11.4 Å². The van der Waals surface area contributed by atoms with Crippen LogP contribution in [0.1, 0.15) is 46.3 Å². The molecule has 7 heteroatoms. The molecule has 4 aromatic rings. The van der Waals surface area contributed by atoms with E-state index in [-0.39, 0.29) is 17.8 Å². The molecular formula is C27H20BrN5O. The van der Waals surface area contributed by atoms with Crippen molar-refractivity contribution in [3.63, 3.8) is 0 Å². The Morgan fingerprint density at radius 1 is 1.09 bits per heavy atom.